The smallest absolute Gasteiger partial charge is 0.148 e. The lowest BCUT2D eigenvalue weighted by atomic mass is 9.76. The van der Waals surface area contributed by atoms with Gasteiger partial charge < -0.3 is 4.74 Å². The molecule has 0 aromatic carbocycles. The molecule has 2 atom stereocenters. The zero-order valence-corrected chi connectivity index (χ0v) is 17.0. The number of carbonyl (C=O) groups excluding carboxylic acids is 2. The van der Waals surface area contributed by atoms with E-state index in [2.05, 4.69) is 18.2 Å². The molecular formula is C20H40O3. The van der Waals surface area contributed by atoms with Gasteiger partial charge in [-0.05, 0) is 39.0 Å². The van der Waals surface area contributed by atoms with Crippen LogP contribution in [0.1, 0.15) is 74.1 Å². The molecular weight excluding hydrogens is 288 g/mol. The van der Waals surface area contributed by atoms with Gasteiger partial charge in [-0.25, -0.2) is 0 Å². The number of rotatable bonds is 9. The first-order valence-corrected chi connectivity index (χ1v) is 8.77. The van der Waals surface area contributed by atoms with Crippen molar-refractivity contribution in [1.82, 2.24) is 0 Å². The lowest BCUT2D eigenvalue weighted by molar-refractivity contribution is -0.141. The van der Waals surface area contributed by atoms with Gasteiger partial charge in [0.15, 0.2) is 0 Å². The minimum Gasteiger partial charge on any atom is -0.388 e. The lowest BCUT2D eigenvalue weighted by Gasteiger charge is -2.25. The molecule has 0 aromatic heterocycles. The van der Waals surface area contributed by atoms with Crippen LogP contribution in [0.2, 0.25) is 0 Å². The molecule has 0 saturated carbocycles. The Hall–Kier alpha value is -0.960. The van der Waals surface area contributed by atoms with Gasteiger partial charge in [-0.3, -0.25) is 9.59 Å². The van der Waals surface area contributed by atoms with Crippen molar-refractivity contribution in [2.75, 3.05) is 14.2 Å². The van der Waals surface area contributed by atoms with E-state index in [1.807, 2.05) is 33.8 Å². The van der Waals surface area contributed by atoms with Crippen LogP contribution in [0.3, 0.4) is 0 Å². The Bertz CT molecular complexity index is 319. The Kier molecular flexibility index (Phi) is 18.6. The molecule has 2 unspecified atom stereocenters. The van der Waals surface area contributed by atoms with Crippen LogP contribution in [-0.4, -0.2) is 25.8 Å². The second-order valence-electron chi connectivity index (χ2n) is 6.30. The van der Waals surface area contributed by atoms with E-state index in [-0.39, 0.29) is 17.5 Å². The fourth-order valence-electron chi connectivity index (χ4n) is 2.03. The van der Waals surface area contributed by atoms with Crippen LogP contribution in [0.4, 0.5) is 0 Å². The standard InChI is InChI=1S/C16H28O2.C2H6O.C2H6/c1-7-9-12(3)10-11-14(17)16(5,6)15(18)13(4)8-2;1-3-2;1-2/h7,12-13H,1,8-11H2,2-6H3;1-2H3;1-2H3. The predicted molar refractivity (Wildman–Crippen MR) is 101 cm³/mol. The van der Waals surface area contributed by atoms with Gasteiger partial charge >= 0.3 is 0 Å². The van der Waals surface area contributed by atoms with Crippen molar-refractivity contribution in [3.05, 3.63) is 12.7 Å². The number of ether oxygens (including phenoxy) is 1. The van der Waals surface area contributed by atoms with Gasteiger partial charge in [-0.15, -0.1) is 6.58 Å². The summed E-state index contributed by atoms with van der Waals surface area (Å²) in [4.78, 5) is 24.4. The average molecular weight is 329 g/mol. The van der Waals surface area contributed by atoms with E-state index in [1.165, 1.54) is 0 Å². The van der Waals surface area contributed by atoms with Crippen molar-refractivity contribution in [2.24, 2.45) is 17.3 Å². The molecule has 0 fully saturated rings. The van der Waals surface area contributed by atoms with Crippen molar-refractivity contribution in [1.29, 1.82) is 0 Å². The molecule has 0 aromatic rings. The molecule has 138 valence electrons. The summed E-state index contributed by atoms with van der Waals surface area (Å²) >= 11 is 0. The van der Waals surface area contributed by atoms with Gasteiger partial charge in [0.05, 0.1) is 5.41 Å². The molecule has 0 rings (SSSR count). The maximum Gasteiger partial charge on any atom is 0.148 e. The number of Topliss-reactive ketones (excluding diaryl/α,β-unsaturated/α-hetero) is 2. The summed E-state index contributed by atoms with van der Waals surface area (Å²) in [6.45, 7) is 17.2. The monoisotopic (exact) mass is 328 g/mol. The number of hydrogen-bond donors (Lipinski definition) is 0. The molecule has 23 heavy (non-hydrogen) atoms. The maximum atomic E-state index is 12.2. The minimum absolute atomic E-state index is 0.0328. The number of ketones is 2. The van der Waals surface area contributed by atoms with E-state index in [0.717, 1.165) is 19.3 Å². The third-order valence-electron chi connectivity index (χ3n) is 3.81. The van der Waals surface area contributed by atoms with Gasteiger partial charge in [0.2, 0.25) is 0 Å². The van der Waals surface area contributed by atoms with Crippen molar-refractivity contribution in [2.45, 2.75) is 74.1 Å². The van der Waals surface area contributed by atoms with Crippen LogP contribution in [0.15, 0.2) is 12.7 Å². The third kappa shape index (κ3) is 12.2. The first-order valence-electron chi connectivity index (χ1n) is 8.77. The number of allylic oxidation sites excluding steroid dienone is 1. The normalized spacial score (nSPS) is 12.7. The lowest BCUT2D eigenvalue weighted by Crippen LogP contribution is -2.37. The Balaban J connectivity index is -0.000000710. The first kappa shape index (κ1) is 26.9. The topological polar surface area (TPSA) is 43.4 Å². The van der Waals surface area contributed by atoms with Gasteiger partial charge in [-0.1, -0.05) is 40.7 Å². The predicted octanol–water partition coefficient (Wildman–Crippen LogP) is 5.48. The maximum absolute atomic E-state index is 12.2. The van der Waals surface area contributed by atoms with Crippen LogP contribution >= 0.6 is 0 Å². The Morgan fingerprint density at radius 3 is 1.96 bits per heavy atom. The molecule has 3 heteroatoms. The SMILES string of the molecule is C=CCC(C)CCC(=O)C(C)(C)C(=O)C(C)CC.CC.COC. The number of carbonyl (C=O) groups is 2. The van der Waals surface area contributed by atoms with E-state index in [4.69, 9.17) is 0 Å². The highest BCUT2D eigenvalue weighted by Gasteiger charge is 2.36. The highest BCUT2D eigenvalue weighted by molar-refractivity contribution is 6.06. The van der Waals surface area contributed by atoms with E-state index in [0.29, 0.717) is 12.3 Å². The summed E-state index contributed by atoms with van der Waals surface area (Å²) in [7, 11) is 3.25. The first-order chi connectivity index (χ1) is 10.7. The van der Waals surface area contributed by atoms with Crippen LogP contribution in [0, 0.1) is 17.3 Å². The average Bonchev–Trinajstić information content (AvgIpc) is 2.53. The summed E-state index contributed by atoms with van der Waals surface area (Å²) in [6.07, 6.45) is 4.92. The summed E-state index contributed by atoms with van der Waals surface area (Å²) in [5.41, 5.74) is -0.830. The molecule has 0 spiro atoms. The fraction of sp³-hybridized carbons (Fsp3) is 0.800. The van der Waals surface area contributed by atoms with E-state index in [1.54, 1.807) is 28.1 Å². The van der Waals surface area contributed by atoms with Crippen LogP contribution in [0.25, 0.3) is 0 Å². The van der Waals surface area contributed by atoms with Gasteiger partial charge in [0.25, 0.3) is 0 Å². The second-order valence-corrected chi connectivity index (χ2v) is 6.30. The van der Waals surface area contributed by atoms with Crippen molar-refractivity contribution in [3.8, 4) is 0 Å². The molecule has 0 heterocycles. The molecule has 0 aliphatic carbocycles. The van der Waals surface area contributed by atoms with Crippen LogP contribution in [-0.2, 0) is 14.3 Å². The molecule has 0 N–H and O–H groups in total. The van der Waals surface area contributed by atoms with E-state index >= 15 is 0 Å². The zero-order chi connectivity index (χ0) is 19.1. The summed E-state index contributed by atoms with van der Waals surface area (Å²) in [5.74, 6) is 0.575. The summed E-state index contributed by atoms with van der Waals surface area (Å²) in [6, 6.07) is 0. The van der Waals surface area contributed by atoms with Crippen molar-refractivity contribution >= 4 is 11.6 Å². The molecule has 0 amide bonds. The molecule has 0 aliphatic heterocycles. The van der Waals surface area contributed by atoms with Gasteiger partial charge in [0, 0.05) is 26.6 Å². The van der Waals surface area contributed by atoms with E-state index < -0.39 is 5.41 Å². The van der Waals surface area contributed by atoms with Crippen LogP contribution in [0.5, 0.6) is 0 Å². The molecule has 3 nitrogen and oxygen atoms in total. The number of hydrogen-bond acceptors (Lipinski definition) is 3. The highest BCUT2D eigenvalue weighted by atomic mass is 16.4. The Morgan fingerprint density at radius 1 is 1.17 bits per heavy atom. The molecule has 0 bridgehead atoms. The number of methoxy groups -OCH3 is 1. The van der Waals surface area contributed by atoms with Crippen LogP contribution < -0.4 is 0 Å². The summed E-state index contributed by atoms with van der Waals surface area (Å²) < 4.78 is 4.25. The third-order valence-corrected chi connectivity index (χ3v) is 3.81. The van der Waals surface area contributed by atoms with Gasteiger partial charge in [0.1, 0.15) is 11.6 Å². The minimum atomic E-state index is -0.830. The molecule has 0 saturated heterocycles. The molecule has 0 aliphatic rings. The van der Waals surface area contributed by atoms with Crippen molar-refractivity contribution < 1.29 is 14.3 Å². The largest absolute Gasteiger partial charge is 0.388 e. The van der Waals surface area contributed by atoms with E-state index in [9.17, 15) is 9.59 Å². The Labute approximate surface area is 144 Å². The quantitative estimate of drug-likeness (QED) is 0.416. The van der Waals surface area contributed by atoms with Crippen molar-refractivity contribution in [3.63, 3.8) is 0 Å². The second kappa shape index (κ2) is 15.9. The molecule has 0 radical (unpaired) electrons. The summed E-state index contributed by atoms with van der Waals surface area (Å²) in [5, 5.41) is 0. The highest BCUT2D eigenvalue weighted by Crippen LogP contribution is 2.27. The zero-order valence-electron chi connectivity index (χ0n) is 17.0. The fourth-order valence-corrected chi connectivity index (χ4v) is 2.03. The van der Waals surface area contributed by atoms with Gasteiger partial charge in [-0.2, -0.15) is 0 Å². The Morgan fingerprint density at radius 2 is 1.61 bits per heavy atom.